The number of hydrogen-bond acceptors (Lipinski definition) is 3. The first-order valence-corrected chi connectivity index (χ1v) is 7.21. The van der Waals surface area contributed by atoms with Crippen LogP contribution in [-0.2, 0) is 0 Å². The van der Waals surface area contributed by atoms with Gasteiger partial charge in [0.1, 0.15) is 5.82 Å². The Bertz CT molecular complexity index is 818. The van der Waals surface area contributed by atoms with E-state index in [4.69, 9.17) is 17.3 Å². The van der Waals surface area contributed by atoms with Crippen LogP contribution < -0.4 is 5.73 Å². The van der Waals surface area contributed by atoms with E-state index in [0.717, 1.165) is 26.5 Å². The number of fused-ring (bicyclic) bond motifs is 1. The summed E-state index contributed by atoms with van der Waals surface area (Å²) in [7, 11) is 0. The minimum absolute atomic E-state index is 0.464. The van der Waals surface area contributed by atoms with Crippen LogP contribution >= 0.6 is 27.5 Å². The Labute approximate surface area is 129 Å². The minimum Gasteiger partial charge on any atom is -0.383 e. The quantitative estimate of drug-likeness (QED) is 0.699. The van der Waals surface area contributed by atoms with Gasteiger partial charge < -0.3 is 5.73 Å². The predicted octanol–water partition coefficient (Wildman–Crippen LogP) is 4.60. The van der Waals surface area contributed by atoms with E-state index in [9.17, 15) is 0 Å². The van der Waals surface area contributed by atoms with E-state index in [1.165, 1.54) is 0 Å². The number of nitrogen functional groups attached to an aromatic ring is 1. The Kier molecular flexibility index (Phi) is 3.36. The average molecular weight is 349 g/mol. The van der Waals surface area contributed by atoms with Gasteiger partial charge >= 0.3 is 0 Å². The maximum Gasteiger partial charge on any atom is 0.162 e. The number of rotatable bonds is 1. The zero-order valence-corrected chi connectivity index (χ0v) is 13.0. The molecule has 3 rings (SSSR count). The molecule has 0 radical (unpaired) electrons. The average Bonchev–Trinajstić information content (AvgIpc) is 2.42. The van der Waals surface area contributed by atoms with Crippen molar-refractivity contribution >= 4 is 44.3 Å². The van der Waals surface area contributed by atoms with Crippen molar-refractivity contribution in [3.8, 4) is 11.4 Å². The first kappa shape index (κ1) is 13.3. The van der Waals surface area contributed by atoms with Gasteiger partial charge in [-0.1, -0.05) is 39.7 Å². The second kappa shape index (κ2) is 5.04. The lowest BCUT2D eigenvalue weighted by Crippen LogP contribution is -1.99. The van der Waals surface area contributed by atoms with Crippen LogP contribution in [-0.4, -0.2) is 9.97 Å². The van der Waals surface area contributed by atoms with Crippen LogP contribution in [0.25, 0.3) is 22.3 Å². The van der Waals surface area contributed by atoms with Crippen LogP contribution in [0.4, 0.5) is 5.82 Å². The highest BCUT2D eigenvalue weighted by atomic mass is 79.9. The first-order valence-electron chi connectivity index (χ1n) is 6.04. The summed E-state index contributed by atoms with van der Waals surface area (Å²) in [4.78, 5) is 8.98. The molecule has 5 heteroatoms. The van der Waals surface area contributed by atoms with Crippen molar-refractivity contribution in [2.24, 2.45) is 0 Å². The summed E-state index contributed by atoms with van der Waals surface area (Å²) in [5.41, 5.74) is 8.71. The Morgan fingerprint density at radius 2 is 1.95 bits per heavy atom. The van der Waals surface area contributed by atoms with Gasteiger partial charge in [0.05, 0.1) is 5.52 Å². The van der Waals surface area contributed by atoms with Gasteiger partial charge in [-0.2, -0.15) is 0 Å². The largest absolute Gasteiger partial charge is 0.383 e. The number of nitrogens with zero attached hydrogens (tertiary/aromatic N) is 2. The maximum atomic E-state index is 6.15. The van der Waals surface area contributed by atoms with Gasteiger partial charge in [-0.05, 0) is 36.8 Å². The number of aromatic nitrogens is 2. The summed E-state index contributed by atoms with van der Waals surface area (Å²) >= 11 is 9.57. The fourth-order valence-electron chi connectivity index (χ4n) is 2.09. The van der Waals surface area contributed by atoms with Gasteiger partial charge in [0.2, 0.25) is 0 Å². The lowest BCUT2D eigenvalue weighted by atomic mass is 10.1. The monoisotopic (exact) mass is 347 g/mol. The molecule has 1 aromatic heterocycles. The molecule has 2 N–H and O–H groups in total. The SMILES string of the molecule is Cc1c(Cl)cccc1-c1nc(N)c2cc(Br)ccc2n1. The van der Waals surface area contributed by atoms with Crippen molar-refractivity contribution in [1.29, 1.82) is 0 Å². The van der Waals surface area contributed by atoms with Crippen LogP contribution in [0.3, 0.4) is 0 Å². The standard InChI is InChI=1S/C15H11BrClN3/c1-8-10(3-2-4-12(8)17)15-19-13-6-5-9(16)7-11(13)14(18)20-15/h2-7H,1H3,(H2,18,19,20). The highest BCUT2D eigenvalue weighted by Gasteiger charge is 2.11. The Morgan fingerprint density at radius 1 is 1.15 bits per heavy atom. The molecule has 0 saturated carbocycles. The summed E-state index contributed by atoms with van der Waals surface area (Å²) in [6.45, 7) is 1.95. The lowest BCUT2D eigenvalue weighted by Gasteiger charge is -2.09. The third-order valence-corrected chi connectivity index (χ3v) is 4.10. The third-order valence-electron chi connectivity index (χ3n) is 3.20. The molecule has 0 aliphatic carbocycles. The molecule has 0 aliphatic heterocycles. The molecule has 3 nitrogen and oxygen atoms in total. The number of benzene rings is 2. The van der Waals surface area contributed by atoms with E-state index in [1.54, 1.807) is 0 Å². The highest BCUT2D eigenvalue weighted by molar-refractivity contribution is 9.10. The van der Waals surface area contributed by atoms with Crippen LogP contribution in [0.15, 0.2) is 40.9 Å². The third kappa shape index (κ3) is 2.25. The number of hydrogen-bond donors (Lipinski definition) is 1. The minimum atomic E-state index is 0.464. The van der Waals surface area contributed by atoms with Gasteiger partial charge in [0, 0.05) is 20.4 Å². The molecular formula is C15H11BrClN3. The number of nitrogens with two attached hydrogens (primary N) is 1. The van der Waals surface area contributed by atoms with Crippen molar-refractivity contribution in [1.82, 2.24) is 9.97 Å². The van der Waals surface area contributed by atoms with E-state index in [-0.39, 0.29) is 0 Å². The molecule has 0 amide bonds. The number of anilines is 1. The molecule has 3 aromatic rings. The van der Waals surface area contributed by atoms with Gasteiger partial charge in [-0.25, -0.2) is 9.97 Å². The van der Waals surface area contributed by atoms with E-state index >= 15 is 0 Å². The molecule has 20 heavy (non-hydrogen) atoms. The molecule has 0 spiro atoms. The Hall–Kier alpha value is -1.65. The molecule has 0 bridgehead atoms. The zero-order chi connectivity index (χ0) is 14.3. The second-order valence-corrected chi connectivity index (χ2v) is 5.83. The molecule has 0 saturated heterocycles. The molecule has 1 heterocycles. The smallest absolute Gasteiger partial charge is 0.162 e. The lowest BCUT2D eigenvalue weighted by molar-refractivity contribution is 1.22. The molecule has 0 unspecified atom stereocenters. The fourth-order valence-corrected chi connectivity index (χ4v) is 2.63. The van der Waals surface area contributed by atoms with Crippen LogP contribution in [0.5, 0.6) is 0 Å². The highest BCUT2D eigenvalue weighted by Crippen LogP contribution is 2.29. The Morgan fingerprint density at radius 3 is 2.75 bits per heavy atom. The summed E-state index contributed by atoms with van der Waals surface area (Å²) in [6.07, 6.45) is 0. The molecular weight excluding hydrogens is 338 g/mol. The van der Waals surface area contributed by atoms with Gasteiger partial charge in [-0.3, -0.25) is 0 Å². The van der Waals surface area contributed by atoms with Crippen molar-refractivity contribution < 1.29 is 0 Å². The molecule has 0 atom stereocenters. The molecule has 100 valence electrons. The van der Waals surface area contributed by atoms with E-state index in [1.807, 2.05) is 43.3 Å². The van der Waals surface area contributed by atoms with Gasteiger partial charge in [0.25, 0.3) is 0 Å². The van der Waals surface area contributed by atoms with Gasteiger partial charge in [0.15, 0.2) is 5.82 Å². The van der Waals surface area contributed by atoms with Crippen LogP contribution in [0.1, 0.15) is 5.56 Å². The normalized spacial score (nSPS) is 10.9. The molecule has 0 fully saturated rings. The Balaban J connectivity index is 2.28. The fraction of sp³-hybridized carbons (Fsp3) is 0.0667. The van der Waals surface area contributed by atoms with E-state index in [2.05, 4.69) is 25.9 Å². The first-order chi connectivity index (χ1) is 9.56. The molecule has 0 aliphatic rings. The maximum absolute atomic E-state index is 6.15. The predicted molar refractivity (Wildman–Crippen MR) is 86.8 cm³/mol. The van der Waals surface area contributed by atoms with Crippen LogP contribution in [0.2, 0.25) is 5.02 Å². The topological polar surface area (TPSA) is 51.8 Å². The van der Waals surface area contributed by atoms with E-state index in [0.29, 0.717) is 16.7 Å². The second-order valence-electron chi connectivity index (χ2n) is 4.51. The van der Waals surface area contributed by atoms with Crippen molar-refractivity contribution in [2.45, 2.75) is 6.92 Å². The summed E-state index contributed by atoms with van der Waals surface area (Å²) in [6, 6.07) is 11.4. The zero-order valence-electron chi connectivity index (χ0n) is 10.7. The van der Waals surface area contributed by atoms with Crippen LogP contribution in [0, 0.1) is 6.92 Å². The van der Waals surface area contributed by atoms with Gasteiger partial charge in [-0.15, -0.1) is 0 Å². The van der Waals surface area contributed by atoms with E-state index < -0.39 is 0 Å². The van der Waals surface area contributed by atoms with Crippen molar-refractivity contribution in [2.75, 3.05) is 5.73 Å². The summed E-state index contributed by atoms with van der Waals surface area (Å²) in [5.74, 6) is 1.06. The van der Waals surface area contributed by atoms with Crippen molar-refractivity contribution in [3.63, 3.8) is 0 Å². The number of halogens is 2. The summed E-state index contributed by atoms with van der Waals surface area (Å²) < 4.78 is 0.951. The summed E-state index contributed by atoms with van der Waals surface area (Å²) in [5, 5.41) is 1.53. The van der Waals surface area contributed by atoms with Crippen molar-refractivity contribution in [3.05, 3.63) is 51.5 Å². The molecule has 2 aromatic carbocycles.